The maximum atomic E-state index is 12.6. The number of rotatable bonds is 5. The van der Waals surface area contributed by atoms with E-state index in [0.29, 0.717) is 17.3 Å². The van der Waals surface area contributed by atoms with Gasteiger partial charge in [0.1, 0.15) is 11.6 Å². The molecule has 0 atom stereocenters. The maximum absolute atomic E-state index is 12.6. The fourth-order valence-electron chi connectivity index (χ4n) is 3.43. The molecule has 2 aromatic heterocycles. The number of pyridine rings is 1. The van der Waals surface area contributed by atoms with Crippen molar-refractivity contribution >= 4 is 11.7 Å². The zero-order valence-electron chi connectivity index (χ0n) is 15.0. The minimum atomic E-state index is -0.109. The smallest absolute Gasteiger partial charge is 0.255 e. The lowest BCUT2D eigenvalue weighted by Crippen LogP contribution is -2.44. The van der Waals surface area contributed by atoms with Crippen LogP contribution in [0.5, 0.6) is 0 Å². The van der Waals surface area contributed by atoms with Gasteiger partial charge in [-0.1, -0.05) is 0 Å². The molecule has 0 aliphatic heterocycles. The lowest BCUT2D eigenvalue weighted by atomic mass is 9.78. The molecule has 2 N–H and O–H groups in total. The Labute approximate surface area is 151 Å². The number of H-pyrrole nitrogens is 1. The third-order valence-corrected chi connectivity index (χ3v) is 5.09. The molecule has 4 rings (SSSR count). The molecule has 7 heteroatoms. The van der Waals surface area contributed by atoms with Gasteiger partial charge < -0.3 is 15.2 Å². The normalized spacial score (nSPS) is 21.8. The van der Waals surface area contributed by atoms with Gasteiger partial charge in [0.2, 0.25) is 0 Å². The van der Waals surface area contributed by atoms with E-state index in [9.17, 15) is 9.59 Å². The van der Waals surface area contributed by atoms with Crippen LogP contribution in [-0.4, -0.2) is 41.0 Å². The van der Waals surface area contributed by atoms with Gasteiger partial charge >= 0.3 is 0 Å². The van der Waals surface area contributed by atoms with Crippen molar-refractivity contribution in [1.82, 2.24) is 20.3 Å². The van der Waals surface area contributed by atoms with Gasteiger partial charge in [0.25, 0.3) is 11.5 Å². The molecule has 0 saturated heterocycles. The largest absolute Gasteiger partial charge is 0.362 e. The van der Waals surface area contributed by atoms with Crippen molar-refractivity contribution < 1.29 is 4.79 Å². The first-order valence-electron chi connectivity index (χ1n) is 9.05. The molecule has 0 spiro atoms. The van der Waals surface area contributed by atoms with E-state index in [2.05, 4.69) is 20.3 Å². The third kappa shape index (κ3) is 3.34. The van der Waals surface area contributed by atoms with Crippen molar-refractivity contribution in [1.29, 1.82) is 0 Å². The van der Waals surface area contributed by atoms with Gasteiger partial charge in [-0.3, -0.25) is 9.59 Å². The quantitative estimate of drug-likeness (QED) is 0.855. The van der Waals surface area contributed by atoms with Crippen molar-refractivity contribution in [2.45, 2.75) is 43.6 Å². The van der Waals surface area contributed by atoms with Crippen LogP contribution >= 0.6 is 0 Å². The van der Waals surface area contributed by atoms with Crippen LogP contribution in [0.3, 0.4) is 0 Å². The van der Waals surface area contributed by atoms with Crippen molar-refractivity contribution in [3.8, 4) is 0 Å². The number of anilines is 1. The second kappa shape index (κ2) is 6.55. The number of amides is 1. The Morgan fingerprint density at radius 3 is 2.73 bits per heavy atom. The monoisotopic (exact) mass is 353 g/mol. The van der Waals surface area contributed by atoms with Gasteiger partial charge in [-0.05, 0) is 37.8 Å². The topological polar surface area (TPSA) is 91.0 Å². The second-order valence-corrected chi connectivity index (χ2v) is 7.44. The van der Waals surface area contributed by atoms with Crippen molar-refractivity contribution in [2.24, 2.45) is 0 Å². The first-order chi connectivity index (χ1) is 12.5. The summed E-state index contributed by atoms with van der Waals surface area (Å²) in [5, 5.41) is 3.07. The molecule has 2 aliphatic rings. The van der Waals surface area contributed by atoms with Gasteiger partial charge in [-0.15, -0.1) is 0 Å². The van der Waals surface area contributed by atoms with E-state index in [1.807, 2.05) is 19.0 Å². The van der Waals surface area contributed by atoms with E-state index in [0.717, 1.165) is 37.2 Å². The Morgan fingerprint density at radius 1 is 1.27 bits per heavy atom. The highest BCUT2D eigenvalue weighted by molar-refractivity contribution is 5.99. The lowest BCUT2D eigenvalue weighted by Gasteiger charge is -2.35. The third-order valence-electron chi connectivity index (χ3n) is 5.09. The average Bonchev–Trinajstić information content (AvgIpc) is 3.42. The van der Waals surface area contributed by atoms with E-state index >= 15 is 0 Å². The molecule has 0 aromatic carbocycles. The number of aromatic amines is 1. The predicted molar refractivity (Wildman–Crippen MR) is 98.6 cm³/mol. The summed E-state index contributed by atoms with van der Waals surface area (Å²) < 4.78 is 0. The number of nitrogens with zero attached hydrogens (tertiary/aromatic N) is 3. The van der Waals surface area contributed by atoms with Gasteiger partial charge in [-0.25, -0.2) is 9.97 Å². The molecule has 7 nitrogen and oxygen atoms in total. The number of nitrogens with one attached hydrogen (secondary N) is 2. The maximum Gasteiger partial charge on any atom is 0.255 e. The first kappa shape index (κ1) is 16.8. The van der Waals surface area contributed by atoms with Crippen molar-refractivity contribution in [2.75, 3.05) is 19.0 Å². The van der Waals surface area contributed by atoms with Crippen LogP contribution in [0.4, 0.5) is 5.82 Å². The van der Waals surface area contributed by atoms with Crippen LogP contribution < -0.4 is 15.8 Å². The number of aromatic nitrogens is 3. The SMILES string of the molecule is CN(C)c1ncccc1C(=O)NC1CC(c2cc(=O)[nH]c(C3CC3)n2)C1. The second-order valence-electron chi connectivity index (χ2n) is 7.44. The molecule has 136 valence electrons. The van der Waals surface area contributed by atoms with E-state index < -0.39 is 0 Å². The molecule has 2 fully saturated rings. The standard InChI is InChI=1S/C19H23N5O2/c1-24(2)18-14(4-3-7-20-18)19(26)21-13-8-12(9-13)15-10-16(25)23-17(22-15)11-5-6-11/h3-4,7,10-13H,5-6,8-9H2,1-2H3,(H,21,26)(H,22,23,25). The van der Waals surface area contributed by atoms with Crippen LogP contribution in [0, 0.1) is 0 Å². The minimum absolute atomic E-state index is 0.0737. The molecular formula is C19H23N5O2. The number of carbonyl (C=O) groups excluding carboxylic acids is 1. The molecule has 2 heterocycles. The fraction of sp³-hybridized carbons (Fsp3) is 0.474. The number of hydrogen-bond donors (Lipinski definition) is 2. The van der Waals surface area contributed by atoms with E-state index in [-0.39, 0.29) is 23.4 Å². The molecule has 2 aliphatic carbocycles. The summed E-state index contributed by atoms with van der Waals surface area (Å²) in [6, 6.07) is 5.26. The van der Waals surface area contributed by atoms with Gasteiger partial charge in [0, 0.05) is 44.2 Å². The first-order valence-corrected chi connectivity index (χ1v) is 9.05. The highest BCUT2D eigenvalue weighted by Crippen LogP contribution is 2.40. The zero-order valence-corrected chi connectivity index (χ0v) is 15.0. The summed E-state index contributed by atoms with van der Waals surface area (Å²) in [4.78, 5) is 38.0. The lowest BCUT2D eigenvalue weighted by molar-refractivity contribution is 0.0908. The number of carbonyl (C=O) groups is 1. The highest BCUT2D eigenvalue weighted by atomic mass is 16.1. The Kier molecular flexibility index (Phi) is 4.22. The summed E-state index contributed by atoms with van der Waals surface area (Å²) in [7, 11) is 3.74. The summed E-state index contributed by atoms with van der Waals surface area (Å²) >= 11 is 0. The molecule has 2 aromatic rings. The predicted octanol–water partition coefficient (Wildman–Crippen LogP) is 1.78. The van der Waals surface area contributed by atoms with Crippen LogP contribution in [-0.2, 0) is 0 Å². The Balaban J connectivity index is 1.40. The molecule has 26 heavy (non-hydrogen) atoms. The molecule has 1 amide bonds. The zero-order chi connectivity index (χ0) is 18.3. The van der Waals surface area contributed by atoms with E-state index in [1.165, 1.54) is 0 Å². The van der Waals surface area contributed by atoms with Gasteiger partial charge in [-0.2, -0.15) is 0 Å². The van der Waals surface area contributed by atoms with E-state index in [4.69, 9.17) is 0 Å². The van der Waals surface area contributed by atoms with Gasteiger partial charge in [0.15, 0.2) is 0 Å². The molecule has 0 radical (unpaired) electrons. The molecular weight excluding hydrogens is 330 g/mol. The highest BCUT2D eigenvalue weighted by Gasteiger charge is 2.34. The van der Waals surface area contributed by atoms with Crippen LogP contribution in [0.25, 0.3) is 0 Å². The summed E-state index contributed by atoms with van der Waals surface area (Å²) in [5.41, 5.74) is 1.36. The Bertz CT molecular complexity index is 881. The van der Waals surface area contributed by atoms with Crippen molar-refractivity contribution in [3.63, 3.8) is 0 Å². The number of hydrogen-bond acceptors (Lipinski definition) is 5. The van der Waals surface area contributed by atoms with E-state index in [1.54, 1.807) is 24.4 Å². The van der Waals surface area contributed by atoms with Crippen LogP contribution in [0.1, 0.15) is 59.4 Å². The van der Waals surface area contributed by atoms with Crippen molar-refractivity contribution in [3.05, 3.63) is 51.8 Å². The van der Waals surface area contributed by atoms with Gasteiger partial charge in [0.05, 0.1) is 11.3 Å². The molecule has 0 unspecified atom stereocenters. The molecule has 2 saturated carbocycles. The fourth-order valence-corrected chi connectivity index (χ4v) is 3.43. The molecule has 0 bridgehead atoms. The van der Waals surface area contributed by atoms with Crippen LogP contribution in [0.2, 0.25) is 0 Å². The average molecular weight is 353 g/mol. The Morgan fingerprint density at radius 2 is 2.04 bits per heavy atom. The minimum Gasteiger partial charge on any atom is -0.362 e. The van der Waals surface area contributed by atoms with Crippen LogP contribution in [0.15, 0.2) is 29.2 Å². The Hall–Kier alpha value is -2.70. The summed E-state index contributed by atoms with van der Waals surface area (Å²) in [6.07, 6.45) is 5.51. The summed E-state index contributed by atoms with van der Waals surface area (Å²) in [6.45, 7) is 0. The summed E-state index contributed by atoms with van der Waals surface area (Å²) in [5.74, 6) is 2.04.